The Bertz CT molecular complexity index is 394. The lowest BCUT2D eigenvalue weighted by molar-refractivity contribution is 0.565. The van der Waals surface area contributed by atoms with Crippen molar-refractivity contribution in [1.82, 2.24) is 0 Å². The molecule has 0 heterocycles. The van der Waals surface area contributed by atoms with E-state index in [4.69, 9.17) is 0 Å². The van der Waals surface area contributed by atoms with Crippen LogP contribution in [0.15, 0.2) is 11.5 Å². The maximum absolute atomic E-state index is 3.63. The summed E-state index contributed by atoms with van der Waals surface area (Å²) in [5.74, 6) is 9.88. The molecule has 0 nitrogen and oxygen atoms in total. The molecule has 0 N–H and O–H groups in total. The van der Waals surface area contributed by atoms with Crippen molar-refractivity contribution in [2.75, 3.05) is 0 Å². The van der Waals surface area contributed by atoms with E-state index in [2.05, 4.69) is 73.3 Å². The molecule has 0 fully saturated rings. The highest BCUT2D eigenvalue weighted by atomic mass is 14.1. The minimum Gasteiger partial charge on any atom is -0.0991 e. The van der Waals surface area contributed by atoms with Gasteiger partial charge in [0, 0.05) is 6.42 Å². The van der Waals surface area contributed by atoms with Gasteiger partial charge >= 0.3 is 0 Å². The van der Waals surface area contributed by atoms with Crippen LogP contribution in [-0.2, 0) is 0 Å². The van der Waals surface area contributed by atoms with Gasteiger partial charge in [0.15, 0.2) is 6.71 Å². The zero-order chi connectivity index (χ0) is 19.2. The van der Waals surface area contributed by atoms with Crippen molar-refractivity contribution in [3.63, 3.8) is 0 Å². The number of hydrogen-bond donors (Lipinski definition) is 0. The molecule has 0 aromatic rings. The summed E-state index contributed by atoms with van der Waals surface area (Å²) in [7, 11) is 0. The lowest BCUT2D eigenvalue weighted by Crippen LogP contribution is -2.32. The summed E-state index contributed by atoms with van der Waals surface area (Å²) < 4.78 is 0. The Hall–Kier alpha value is -0.635. The maximum atomic E-state index is 3.63. The van der Waals surface area contributed by atoms with E-state index < -0.39 is 0 Å². The van der Waals surface area contributed by atoms with Crippen LogP contribution in [0, 0.1) is 23.7 Å². The van der Waals surface area contributed by atoms with Gasteiger partial charge in [0.1, 0.15) is 0 Å². The Morgan fingerprint density at radius 1 is 0.800 bits per heavy atom. The van der Waals surface area contributed by atoms with Crippen LogP contribution in [0.1, 0.15) is 107 Å². The van der Waals surface area contributed by atoms with Crippen LogP contribution in [-0.4, -0.2) is 6.71 Å². The van der Waals surface area contributed by atoms with E-state index in [1.165, 1.54) is 50.4 Å². The minimum absolute atomic E-state index is 0.598. The standard InChI is InChI=1S/C24H45B/c1-9-11-13-15-17-19-24(18-16-14-12-10-2)25(22(7)20(3)4)23(8)21(5)6/h19-23H,9-15,17H2,1-8H3/b24-19-. The van der Waals surface area contributed by atoms with Crippen LogP contribution < -0.4 is 0 Å². The molecule has 25 heavy (non-hydrogen) atoms. The normalized spacial score (nSPS) is 14.4. The summed E-state index contributed by atoms with van der Waals surface area (Å²) >= 11 is 0. The Balaban J connectivity index is 5.40. The summed E-state index contributed by atoms with van der Waals surface area (Å²) in [5, 5.41) is 0. The van der Waals surface area contributed by atoms with Crippen molar-refractivity contribution >= 4 is 6.71 Å². The molecule has 0 saturated heterocycles. The first kappa shape index (κ1) is 24.4. The van der Waals surface area contributed by atoms with Gasteiger partial charge in [0.05, 0.1) is 0 Å². The Morgan fingerprint density at radius 2 is 1.36 bits per heavy atom. The maximum Gasteiger partial charge on any atom is 0.192 e. The van der Waals surface area contributed by atoms with Gasteiger partial charge in [0.25, 0.3) is 0 Å². The molecule has 144 valence electrons. The molecule has 0 bridgehead atoms. The van der Waals surface area contributed by atoms with Gasteiger partial charge in [-0.15, -0.1) is 0 Å². The number of hydrogen-bond acceptors (Lipinski definition) is 0. The fraction of sp³-hybridized carbons (Fsp3) is 0.833. The molecule has 0 aromatic heterocycles. The molecular formula is C24H45B. The van der Waals surface area contributed by atoms with Gasteiger partial charge in [-0.25, -0.2) is 0 Å². The third-order valence-corrected chi connectivity index (χ3v) is 5.91. The molecule has 0 saturated carbocycles. The van der Waals surface area contributed by atoms with Gasteiger partial charge in [-0.05, 0) is 24.7 Å². The van der Waals surface area contributed by atoms with E-state index >= 15 is 0 Å². The predicted octanol–water partition coefficient (Wildman–Crippen LogP) is 8.20. The summed E-state index contributed by atoms with van der Waals surface area (Å²) in [6, 6.07) is 0. The SMILES string of the molecule is CCCCC#C/C(=C/CCCCCC)B(C(C)C(C)C)C(C)C(C)C. The zero-order valence-corrected chi connectivity index (χ0v) is 18.6. The first-order valence-electron chi connectivity index (χ1n) is 11.1. The van der Waals surface area contributed by atoms with Crippen LogP contribution in [0.5, 0.6) is 0 Å². The van der Waals surface area contributed by atoms with Crippen LogP contribution in [0.2, 0.25) is 11.6 Å². The third-order valence-electron chi connectivity index (χ3n) is 5.91. The minimum atomic E-state index is 0.598. The highest BCUT2D eigenvalue weighted by Gasteiger charge is 2.33. The summed E-state index contributed by atoms with van der Waals surface area (Å²) in [6.45, 7) is 19.5. The van der Waals surface area contributed by atoms with Crippen molar-refractivity contribution in [3.05, 3.63) is 11.5 Å². The van der Waals surface area contributed by atoms with Crippen molar-refractivity contribution < 1.29 is 0 Å². The van der Waals surface area contributed by atoms with Crippen LogP contribution in [0.3, 0.4) is 0 Å². The van der Waals surface area contributed by atoms with E-state index in [0.717, 1.165) is 6.42 Å². The molecular weight excluding hydrogens is 299 g/mol. The van der Waals surface area contributed by atoms with E-state index in [-0.39, 0.29) is 0 Å². The molecule has 2 atom stereocenters. The second kappa shape index (κ2) is 14.5. The lowest BCUT2D eigenvalue weighted by atomic mass is 9.28. The summed E-state index contributed by atoms with van der Waals surface area (Å²) in [5.41, 5.74) is 1.44. The molecule has 1 heteroatoms. The van der Waals surface area contributed by atoms with E-state index in [9.17, 15) is 0 Å². The van der Waals surface area contributed by atoms with E-state index in [1.54, 1.807) is 0 Å². The highest BCUT2D eigenvalue weighted by molar-refractivity contribution is 6.70. The van der Waals surface area contributed by atoms with Gasteiger partial charge in [-0.1, -0.05) is 122 Å². The monoisotopic (exact) mass is 344 g/mol. The number of unbranched alkanes of at least 4 members (excludes halogenated alkanes) is 6. The fourth-order valence-corrected chi connectivity index (χ4v) is 3.40. The first-order chi connectivity index (χ1) is 11.9. The molecule has 0 aliphatic rings. The van der Waals surface area contributed by atoms with Crippen LogP contribution in [0.25, 0.3) is 0 Å². The quantitative estimate of drug-likeness (QED) is 0.190. The van der Waals surface area contributed by atoms with Crippen LogP contribution >= 0.6 is 0 Å². The number of rotatable bonds is 12. The predicted molar refractivity (Wildman–Crippen MR) is 118 cm³/mol. The third kappa shape index (κ3) is 10.2. The summed E-state index contributed by atoms with van der Waals surface area (Å²) in [4.78, 5) is 0. The second-order valence-electron chi connectivity index (χ2n) is 8.65. The molecule has 0 aromatic carbocycles. The zero-order valence-electron chi connectivity index (χ0n) is 18.6. The average molecular weight is 344 g/mol. The number of allylic oxidation sites excluding steroid dienone is 2. The van der Waals surface area contributed by atoms with Crippen LogP contribution in [0.4, 0.5) is 0 Å². The molecule has 0 aliphatic carbocycles. The van der Waals surface area contributed by atoms with Crippen molar-refractivity contribution in [3.8, 4) is 11.8 Å². The Morgan fingerprint density at radius 3 is 1.84 bits per heavy atom. The largest absolute Gasteiger partial charge is 0.192 e. The van der Waals surface area contributed by atoms with Crippen molar-refractivity contribution in [2.45, 2.75) is 118 Å². The molecule has 2 unspecified atom stereocenters. The average Bonchev–Trinajstić information content (AvgIpc) is 2.57. The fourth-order valence-electron chi connectivity index (χ4n) is 3.40. The molecule has 0 radical (unpaired) electrons. The Kier molecular flexibility index (Phi) is 14.2. The van der Waals surface area contributed by atoms with Crippen molar-refractivity contribution in [2.24, 2.45) is 11.8 Å². The topological polar surface area (TPSA) is 0 Å². The highest BCUT2D eigenvalue weighted by Crippen LogP contribution is 2.36. The van der Waals surface area contributed by atoms with Gasteiger partial charge in [-0.3, -0.25) is 0 Å². The lowest BCUT2D eigenvalue weighted by Gasteiger charge is -2.32. The smallest absolute Gasteiger partial charge is 0.0991 e. The van der Waals surface area contributed by atoms with Crippen molar-refractivity contribution in [1.29, 1.82) is 0 Å². The van der Waals surface area contributed by atoms with Gasteiger partial charge < -0.3 is 0 Å². The van der Waals surface area contributed by atoms with Gasteiger partial charge in [-0.2, -0.15) is 0 Å². The molecule has 0 rings (SSSR count). The van der Waals surface area contributed by atoms with Gasteiger partial charge in [0.2, 0.25) is 0 Å². The van der Waals surface area contributed by atoms with E-state index in [1.807, 2.05) is 0 Å². The molecule has 0 spiro atoms. The summed E-state index contributed by atoms with van der Waals surface area (Å²) in [6.07, 6.45) is 12.5. The molecule has 0 amide bonds. The first-order valence-corrected chi connectivity index (χ1v) is 11.1. The Labute approximate surface area is 160 Å². The van der Waals surface area contributed by atoms with E-state index in [0.29, 0.717) is 30.2 Å². The second-order valence-corrected chi connectivity index (χ2v) is 8.65. The molecule has 0 aliphatic heterocycles.